The van der Waals surface area contributed by atoms with Crippen molar-refractivity contribution in [1.29, 1.82) is 0 Å². The highest BCUT2D eigenvalue weighted by molar-refractivity contribution is 5.76. The van der Waals surface area contributed by atoms with Crippen molar-refractivity contribution in [3.8, 4) is 0 Å². The Kier molecular flexibility index (Phi) is 70.9. The van der Waals surface area contributed by atoms with Crippen molar-refractivity contribution in [2.24, 2.45) is 0 Å². The standard InChI is InChI=1S/C77H147NO5/c1-3-5-7-9-11-13-15-17-19-21-38-41-45-49-53-57-61-65-69-75(80)74(73-79)78-76(81)70-66-62-58-54-50-46-42-39-35-33-31-29-27-25-23-22-24-26-28-30-32-34-36-40-44-48-52-56-60-64-68-72-83-77(82)71-67-63-59-55-51-47-43-37-20-18-16-14-12-10-8-6-4-2/h24,26,30,32,65,69,74-75,79-80H,3-23,25,27-29,31,33-64,66-68,70-73H2,1-2H3,(H,78,81)/b26-24-,32-30-,69-65+. The van der Waals surface area contributed by atoms with Gasteiger partial charge < -0.3 is 20.3 Å². The molecule has 0 saturated carbocycles. The maximum atomic E-state index is 12.5. The van der Waals surface area contributed by atoms with Crippen molar-refractivity contribution in [2.45, 2.75) is 431 Å². The fourth-order valence-corrected chi connectivity index (χ4v) is 11.9. The van der Waals surface area contributed by atoms with Crippen molar-refractivity contribution in [2.75, 3.05) is 13.2 Å². The second kappa shape index (κ2) is 72.6. The zero-order valence-corrected chi connectivity index (χ0v) is 56.2. The van der Waals surface area contributed by atoms with Gasteiger partial charge in [0.25, 0.3) is 0 Å². The molecule has 0 saturated heterocycles. The zero-order valence-electron chi connectivity index (χ0n) is 56.2. The number of amides is 1. The van der Waals surface area contributed by atoms with E-state index in [9.17, 15) is 19.8 Å². The summed E-state index contributed by atoms with van der Waals surface area (Å²) < 4.78 is 5.51. The van der Waals surface area contributed by atoms with Gasteiger partial charge in [0.15, 0.2) is 0 Å². The van der Waals surface area contributed by atoms with Gasteiger partial charge in [0.2, 0.25) is 5.91 Å². The first kappa shape index (κ1) is 81.1. The maximum Gasteiger partial charge on any atom is 0.305 e. The molecule has 0 aliphatic carbocycles. The second-order valence-electron chi connectivity index (χ2n) is 26.0. The van der Waals surface area contributed by atoms with Gasteiger partial charge in [-0.15, -0.1) is 0 Å². The number of allylic oxidation sites excluding steroid dienone is 5. The molecule has 0 aromatic carbocycles. The molecule has 2 unspecified atom stereocenters. The molecule has 0 rings (SSSR count). The highest BCUT2D eigenvalue weighted by Gasteiger charge is 2.18. The average Bonchev–Trinajstić information content (AvgIpc) is 3.49. The number of aliphatic hydroxyl groups excluding tert-OH is 2. The molecule has 490 valence electrons. The van der Waals surface area contributed by atoms with E-state index in [1.54, 1.807) is 6.08 Å². The summed E-state index contributed by atoms with van der Waals surface area (Å²) in [4.78, 5) is 24.6. The summed E-state index contributed by atoms with van der Waals surface area (Å²) in [5, 5.41) is 23.2. The molecule has 0 aromatic rings. The quantitative estimate of drug-likeness (QED) is 0.0320. The van der Waals surface area contributed by atoms with Gasteiger partial charge in [-0.25, -0.2) is 0 Å². The molecule has 0 spiro atoms. The molecule has 2 atom stereocenters. The zero-order chi connectivity index (χ0) is 59.9. The number of carbonyl (C=O) groups excluding carboxylic acids is 2. The summed E-state index contributed by atoms with van der Waals surface area (Å²) in [7, 11) is 0. The average molecular weight is 1170 g/mol. The highest BCUT2D eigenvalue weighted by Crippen LogP contribution is 2.19. The van der Waals surface area contributed by atoms with E-state index in [0.717, 1.165) is 44.9 Å². The van der Waals surface area contributed by atoms with Gasteiger partial charge in [0.1, 0.15) is 0 Å². The number of ether oxygens (including phenoxy) is 1. The minimum absolute atomic E-state index is 0.0175. The number of hydrogen-bond acceptors (Lipinski definition) is 5. The van der Waals surface area contributed by atoms with Crippen molar-refractivity contribution in [1.82, 2.24) is 5.32 Å². The number of rotatable bonds is 71. The van der Waals surface area contributed by atoms with Crippen molar-refractivity contribution in [3.05, 3.63) is 36.5 Å². The molecule has 6 heteroatoms. The lowest BCUT2D eigenvalue weighted by atomic mass is 10.0. The molecule has 0 fully saturated rings. The predicted molar refractivity (Wildman–Crippen MR) is 366 cm³/mol. The van der Waals surface area contributed by atoms with Crippen molar-refractivity contribution >= 4 is 11.9 Å². The molecule has 0 bridgehead atoms. The van der Waals surface area contributed by atoms with Crippen LogP contribution in [0, 0.1) is 0 Å². The second-order valence-corrected chi connectivity index (χ2v) is 26.0. The van der Waals surface area contributed by atoms with Crippen LogP contribution in [0.2, 0.25) is 0 Å². The Labute approximate surface area is 519 Å². The van der Waals surface area contributed by atoms with Gasteiger partial charge in [-0.3, -0.25) is 9.59 Å². The molecular formula is C77H147NO5. The molecule has 3 N–H and O–H groups in total. The van der Waals surface area contributed by atoms with Crippen LogP contribution >= 0.6 is 0 Å². The summed E-state index contributed by atoms with van der Waals surface area (Å²) in [6.07, 6.45) is 93.9. The number of carbonyl (C=O) groups is 2. The summed E-state index contributed by atoms with van der Waals surface area (Å²) in [6, 6.07) is -0.628. The van der Waals surface area contributed by atoms with Crippen molar-refractivity contribution < 1.29 is 24.5 Å². The molecule has 0 heterocycles. The van der Waals surface area contributed by atoms with Crippen LogP contribution in [0.25, 0.3) is 0 Å². The van der Waals surface area contributed by atoms with Crippen LogP contribution in [0.15, 0.2) is 36.5 Å². The number of nitrogens with one attached hydrogen (secondary N) is 1. The third kappa shape index (κ3) is 69.1. The van der Waals surface area contributed by atoms with E-state index in [1.165, 1.54) is 347 Å². The molecule has 6 nitrogen and oxygen atoms in total. The number of aliphatic hydroxyl groups is 2. The fraction of sp³-hybridized carbons (Fsp3) is 0.896. The molecule has 83 heavy (non-hydrogen) atoms. The van der Waals surface area contributed by atoms with Crippen LogP contribution in [0.5, 0.6) is 0 Å². The van der Waals surface area contributed by atoms with Crippen LogP contribution in [0.4, 0.5) is 0 Å². The monoisotopic (exact) mass is 1170 g/mol. The minimum Gasteiger partial charge on any atom is -0.466 e. The SMILES string of the molecule is CCCCCCCCCCCCCCCCCC/C=C/C(O)C(CO)NC(=O)CCCCCCCCCCCCCCCCC/C=C\C/C=C\CCCCCCCCCCCOC(=O)CCCCCCCCCCCCCCCCCCC. The van der Waals surface area contributed by atoms with E-state index in [2.05, 4.69) is 43.5 Å². The number of hydrogen-bond donors (Lipinski definition) is 3. The van der Waals surface area contributed by atoms with E-state index >= 15 is 0 Å². The molecule has 0 aliphatic rings. The van der Waals surface area contributed by atoms with Gasteiger partial charge in [-0.1, -0.05) is 378 Å². The van der Waals surface area contributed by atoms with Gasteiger partial charge in [-0.2, -0.15) is 0 Å². The fourth-order valence-electron chi connectivity index (χ4n) is 11.9. The molecular weight excluding hydrogens is 1020 g/mol. The largest absolute Gasteiger partial charge is 0.466 e. The van der Waals surface area contributed by atoms with E-state index in [4.69, 9.17) is 4.74 Å². The van der Waals surface area contributed by atoms with E-state index < -0.39 is 12.1 Å². The normalized spacial score (nSPS) is 12.7. The summed E-state index contributed by atoms with van der Waals surface area (Å²) in [5.74, 6) is -0.0465. The van der Waals surface area contributed by atoms with Gasteiger partial charge >= 0.3 is 5.97 Å². The third-order valence-electron chi connectivity index (χ3n) is 17.7. The lowest BCUT2D eigenvalue weighted by Crippen LogP contribution is -2.45. The predicted octanol–water partition coefficient (Wildman–Crippen LogP) is 24.7. The van der Waals surface area contributed by atoms with Gasteiger partial charge in [-0.05, 0) is 64.2 Å². The topological polar surface area (TPSA) is 95.9 Å². The number of unbranched alkanes of at least 4 members (excludes halogenated alkanes) is 56. The smallest absolute Gasteiger partial charge is 0.305 e. The van der Waals surface area contributed by atoms with Gasteiger partial charge in [0.05, 0.1) is 25.4 Å². The Hall–Kier alpha value is -1.92. The maximum absolute atomic E-state index is 12.5. The lowest BCUT2D eigenvalue weighted by Gasteiger charge is -2.20. The van der Waals surface area contributed by atoms with Crippen LogP contribution in [0.1, 0.15) is 418 Å². The van der Waals surface area contributed by atoms with Crippen LogP contribution in [-0.2, 0) is 14.3 Å². The Morgan fingerprint density at radius 1 is 0.337 bits per heavy atom. The van der Waals surface area contributed by atoms with E-state index in [1.807, 2.05) is 6.08 Å². The lowest BCUT2D eigenvalue weighted by molar-refractivity contribution is -0.143. The van der Waals surface area contributed by atoms with Crippen LogP contribution < -0.4 is 5.32 Å². The summed E-state index contributed by atoms with van der Waals surface area (Å²) in [5.41, 5.74) is 0. The summed E-state index contributed by atoms with van der Waals surface area (Å²) >= 11 is 0. The number of esters is 1. The molecule has 0 aromatic heterocycles. The third-order valence-corrected chi connectivity index (χ3v) is 17.7. The van der Waals surface area contributed by atoms with Gasteiger partial charge in [0, 0.05) is 12.8 Å². The Morgan fingerprint density at radius 2 is 0.602 bits per heavy atom. The Bertz CT molecular complexity index is 1340. The summed E-state index contributed by atoms with van der Waals surface area (Å²) in [6.45, 7) is 4.95. The van der Waals surface area contributed by atoms with E-state index in [0.29, 0.717) is 19.4 Å². The first-order valence-electron chi connectivity index (χ1n) is 37.8. The minimum atomic E-state index is -0.845. The first-order valence-corrected chi connectivity index (χ1v) is 37.8. The Balaban J connectivity index is 3.40. The highest BCUT2D eigenvalue weighted by atomic mass is 16.5. The van der Waals surface area contributed by atoms with Crippen LogP contribution in [-0.4, -0.2) is 47.4 Å². The molecule has 1 amide bonds. The van der Waals surface area contributed by atoms with Crippen LogP contribution in [0.3, 0.4) is 0 Å². The molecule has 0 aliphatic heterocycles. The first-order chi connectivity index (χ1) is 41.0. The molecule has 0 radical (unpaired) electrons. The van der Waals surface area contributed by atoms with Crippen molar-refractivity contribution in [3.63, 3.8) is 0 Å². The Morgan fingerprint density at radius 3 is 0.916 bits per heavy atom. The van der Waals surface area contributed by atoms with E-state index in [-0.39, 0.29) is 18.5 Å².